The van der Waals surface area contributed by atoms with Crippen LogP contribution in [0.15, 0.2) is 30.3 Å². The lowest BCUT2D eigenvalue weighted by Crippen LogP contribution is -2.33. The third-order valence-corrected chi connectivity index (χ3v) is 3.85. The Balaban J connectivity index is 2.64. The Labute approximate surface area is 112 Å². The van der Waals surface area contributed by atoms with Gasteiger partial charge < -0.3 is 4.90 Å². The van der Waals surface area contributed by atoms with E-state index in [1.807, 2.05) is 6.07 Å². The summed E-state index contributed by atoms with van der Waals surface area (Å²) in [5.41, 5.74) is 0.704. The highest BCUT2D eigenvalue weighted by molar-refractivity contribution is 7.90. The summed E-state index contributed by atoms with van der Waals surface area (Å²) in [4.78, 5) is 13.3. The number of halogens is 1. The van der Waals surface area contributed by atoms with Gasteiger partial charge in [-0.3, -0.25) is 4.79 Å². The Kier molecular flexibility index (Phi) is 5.16. The smallest absolute Gasteiger partial charge is 0.244 e. The summed E-state index contributed by atoms with van der Waals surface area (Å²) in [5, 5.41) is -0.782. The first-order chi connectivity index (χ1) is 8.31. The summed E-state index contributed by atoms with van der Waals surface area (Å²) >= 11 is 6.06. The fourth-order valence-corrected chi connectivity index (χ4v) is 2.29. The van der Waals surface area contributed by atoms with Crippen LogP contribution in [-0.4, -0.2) is 44.8 Å². The maximum absolute atomic E-state index is 12.0. The Morgan fingerprint density at radius 2 is 1.89 bits per heavy atom. The number of hydrogen-bond acceptors (Lipinski definition) is 3. The number of rotatable bonds is 5. The average molecular weight is 290 g/mol. The number of nitrogens with zero attached hydrogens (tertiary/aromatic N) is 1. The molecule has 6 heteroatoms. The number of carbonyl (C=O) groups is 1. The van der Waals surface area contributed by atoms with Crippen molar-refractivity contribution in [3.63, 3.8) is 0 Å². The van der Waals surface area contributed by atoms with Crippen LogP contribution >= 0.6 is 11.6 Å². The van der Waals surface area contributed by atoms with Crippen molar-refractivity contribution in [3.8, 4) is 0 Å². The molecule has 0 spiro atoms. The fraction of sp³-hybridized carbons (Fsp3) is 0.417. The summed E-state index contributed by atoms with van der Waals surface area (Å²) < 4.78 is 22.1. The molecule has 1 unspecified atom stereocenters. The highest BCUT2D eigenvalue weighted by Gasteiger charge is 2.21. The molecule has 100 valence electrons. The maximum Gasteiger partial charge on any atom is 0.244 e. The minimum Gasteiger partial charge on any atom is -0.343 e. The van der Waals surface area contributed by atoms with E-state index in [9.17, 15) is 13.2 Å². The van der Waals surface area contributed by atoms with E-state index in [4.69, 9.17) is 11.6 Å². The molecule has 1 aromatic rings. The quantitative estimate of drug-likeness (QED) is 0.771. The molecule has 0 aliphatic rings. The second kappa shape index (κ2) is 6.20. The van der Waals surface area contributed by atoms with Crippen LogP contribution in [0, 0.1) is 0 Å². The third-order valence-electron chi connectivity index (χ3n) is 2.48. The molecule has 0 saturated carbocycles. The topological polar surface area (TPSA) is 54.5 Å². The van der Waals surface area contributed by atoms with Gasteiger partial charge in [0.25, 0.3) is 0 Å². The number of amides is 1. The van der Waals surface area contributed by atoms with Gasteiger partial charge in [-0.05, 0) is 5.56 Å². The van der Waals surface area contributed by atoms with Crippen molar-refractivity contribution in [1.29, 1.82) is 0 Å². The van der Waals surface area contributed by atoms with Gasteiger partial charge in [-0.25, -0.2) is 8.42 Å². The van der Waals surface area contributed by atoms with Crippen molar-refractivity contribution in [2.24, 2.45) is 0 Å². The molecule has 1 amide bonds. The second-order valence-electron chi connectivity index (χ2n) is 4.16. The third kappa shape index (κ3) is 4.66. The van der Waals surface area contributed by atoms with Gasteiger partial charge in [0.05, 0.1) is 5.75 Å². The van der Waals surface area contributed by atoms with Crippen molar-refractivity contribution in [2.75, 3.05) is 25.6 Å². The first-order valence-electron chi connectivity index (χ1n) is 5.43. The Morgan fingerprint density at radius 3 is 2.39 bits per heavy atom. The van der Waals surface area contributed by atoms with E-state index >= 15 is 0 Å². The van der Waals surface area contributed by atoms with Crippen LogP contribution in [0.5, 0.6) is 0 Å². The van der Waals surface area contributed by atoms with Crippen LogP contribution in [0.2, 0.25) is 0 Å². The molecule has 0 bridgehead atoms. The highest BCUT2D eigenvalue weighted by Crippen LogP contribution is 2.21. The number of sulfone groups is 1. The molecule has 0 heterocycles. The fourth-order valence-electron chi connectivity index (χ4n) is 1.37. The summed E-state index contributed by atoms with van der Waals surface area (Å²) in [6.45, 7) is 0.147. The molecule has 1 aromatic carbocycles. The largest absolute Gasteiger partial charge is 0.343 e. The number of benzene rings is 1. The van der Waals surface area contributed by atoms with Crippen LogP contribution in [0.3, 0.4) is 0 Å². The predicted molar refractivity (Wildman–Crippen MR) is 72.4 cm³/mol. The van der Waals surface area contributed by atoms with Gasteiger partial charge in [-0.1, -0.05) is 30.3 Å². The normalized spacial score (nSPS) is 13.1. The first kappa shape index (κ1) is 15.0. The SMILES string of the molecule is CN(CCS(C)(=O)=O)C(=O)C(Cl)c1ccccc1. The molecule has 0 aliphatic heterocycles. The van der Waals surface area contributed by atoms with Crippen molar-refractivity contribution in [1.82, 2.24) is 4.90 Å². The maximum atomic E-state index is 12.0. The van der Waals surface area contributed by atoms with Crippen molar-refractivity contribution in [2.45, 2.75) is 5.38 Å². The molecule has 0 N–H and O–H groups in total. The lowest BCUT2D eigenvalue weighted by Gasteiger charge is -2.20. The molecule has 0 radical (unpaired) electrons. The van der Waals surface area contributed by atoms with Crippen LogP contribution in [0.4, 0.5) is 0 Å². The van der Waals surface area contributed by atoms with Gasteiger partial charge in [0.1, 0.15) is 15.2 Å². The van der Waals surface area contributed by atoms with E-state index in [-0.39, 0.29) is 18.2 Å². The predicted octanol–water partition coefficient (Wildman–Crippen LogP) is 1.47. The summed E-state index contributed by atoms with van der Waals surface area (Å²) in [7, 11) is -1.53. The van der Waals surface area contributed by atoms with E-state index < -0.39 is 15.2 Å². The van der Waals surface area contributed by atoms with E-state index in [1.165, 1.54) is 4.90 Å². The summed E-state index contributed by atoms with van der Waals surface area (Å²) in [6, 6.07) is 8.97. The summed E-state index contributed by atoms with van der Waals surface area (Å²) in [6.07, 6.45) is 1.14. The van der Waals surface area contributed by atoms with E-state index in [0.717, 1.165) is 6.26 Å². The van der Waals surface area contributed by atoms with E-state index in [1.54, 1.807) is 31.3 Å². The van der Waals surface area contributed by atoms with Gasteiger partial charge in [0, 0.05) is 19.8 Å². The molecule has 1 rings (SSSR count). The Morgan fingerprint density at radius 1 is 1.33 bits per heavy atom. The van der Waals surface area contributed by atoms with Crippen LogP contribution < -0.4 is 0 Å². The first-order valence-corrected chi connectivity index (χ1v) is 7.92. The second-order valence-corrected chi connectivity index (χ2v) is 6.86. The van der Waals surface area contributed by atoms with Gasteiger partial charge in [-0.2, -0.15) is 0 Å². The molecule has 0 saturated heterocycles. The number of likely N-dealkylation sites (N-methyl/N-ethyl adjacent to an activating group) is 1. The zero-order chi connectivity index (χ0) is 13.8. The number of carbonyl (C=O) groups excluding carboxylic acids is 1. The number of hydrogen-bond donors (Lipinski definition) is 0. The Hall–Kier alpha value is -1.07. The van der Waals surface area contributed by atoms with E-state index in [2.05, 4.69) is 0 Å². The Bertz CT molecular complexity index is 501. The lowest BCUT2D eigenvalue weighted by atomic mass is 10.1. The zero-order valence-electron chi connectivity index (χ0n) is 10.3. The molecule has 0 fully saturated rings. The highest BCUT2D eigenvalue weighted by atomic mass is 35.5. The minimum atomic E-state index is -3.08. The molecule has 18 heavy (non-hydrogen) atoms. The lowest BCUT2D eigenvalue weighted by molar-refractivity contribution is -0.129. The van der Waals surface area contributed by atoms with Crippen molar-refractivity contribution in [3.05, 3.63) is 35.9 Å². The van der Waals surface area contributed by atoms with Crippen LogP contribution in [0.1, 0.15) is 10.9 Å². The van der Waals surface area contributed by atoms with Gasteiger partial charge >= 0.3 is 0 Å². The molecule has 0 aromatic heterocycles. The monoisotopic (exact) mass is 289 g/mol. The number of alkyl halides is 1. The van der Waals surface area contributed by atoms with Crippen molar-refractivity contribution < 1.29 is 13.2 Å². The standard InChI is InChI=1S/C12H16ClNO3S/c1-14(8-9-18(2,16)17)12(15)11(13)10-6-4-3-5-7-10/h3-7,11H,8-9H2,1-2H3. The zero-order valence-corrected chi connectivity index (χ0v) is 11.9. The van der Waals surface area contributed by atoms with Crippen LogP contribution in [-0.2, 0) is 14.6 Å². The molecule has 4 nitrogen and oxygen atoms in total. The van der Waals surface area contributed by atoms with E-state index in [0.29, 0.717) is 5.56 Å². The van der Waals surface area contributed by atoms with Gasteiger partial charge in [-0.15, -0.1) is 11.6 Å². The molecular formula is C12H16ClNO3S. The van der Waals surface area contributed by atoms with Crippen LogP contribution in [0.25, 0.3) is 0 Å². The summed E-state index contributed by atoms with van der Waals surface area (Å²) in [5.74, 6) is -0.361. The van der Waals surface area contributed by atoms with Gasteiger partial charge in [0.2, 0.25) is 5.91 Å². The van der Waals surface area contributed by atoms with Crippen molar-refractivity contribution >= 4 is 27.3 Å². The van der Waals surface area contributed by atoms with Gasteiger partial charge in [0.15, 0.2) is 0 Å². The molecule has 0 aliphatic carbocycles. The average Bonchev–Trinajstić information content (AvgIpc) is 2.34. The molecular weight excluding hydrogens is 274 g/mol. The molecule has 1 atom stereocenters. The minimum absolute atomic E-state index is 0.0619.